The molecule has 0 aliphatic carbocycles. The number of hydrogen-bond acceptors (Lipinski definition) is 3. The molecule has 0 radical (unpaired) electrons. The van der Waals surface area contributed by atoms with Gasteiger partial charge in [0.15, 0.2) is 0 Å². The van der Waals surface area contributed by atoms with Crippen LogP contribution in [0.2, 0.25) is 0 Å². The first kappa shape index (κ1) is 14.6. The zero-order chi connectivity index (χ0) is 14.4. The fourth-order valence-corrected chi connectivity index (χ4v) is 1.50. The molecule has 6 nitrogen and oxygen atoms in total. The van der Waals surface area contributed by atoms with E-state index < -0.39 is 17.8 Å². The van der Waals surface area contributed by atoms with Crippen molar-refractivity contribution in [1.82, 2.24) is 5.32 Å². The van der Waals surface area contributed by atoms with Crippen LogP contribution in [0.3, 0.4) is 0 Å². The summed E-state index contributed by atoms with van der Waals surface area (Å²) in [6.45, 7) is -0.0385. The van der Waals surface area contributed by atoms with Crippen molar-refractivity contribution in [2.24, 2.45) is 0 Å². The summed E-state index contributed by atoms with van der Waals surface area (Å²) in [5, 5.41) is 11.2. The number of nitrogens with zero attached hydrogens (tertiary/aromatic N) is 1. The van der Waals surface area contributed by atoms with Crippen molar-refractivity contribution in [1.29, 1.82) is 0 Å². The smallest absolute Gasteiger partial charge is 0.335 e. The van der Waals surface area contributed by atoms with Gasteiger partial charge in [0.2, 0.25) is 0 Å². The van der Waals surface area contributed by atoms with Crippen molar-refractivity contribution in [3.8, 4) is 0 Å². The van der Waals surface area contributed by atoms with Gasteiger partial charge < -0.3 is 15.2 Å². The zero-order valence-electron chi connectivity index (χ0n) is 10.2. The lowest BCUT2D eigenvalue weighted by atomic mass is 10.1. The van der Waals surface area contributed by atoms with E-state index in [1.807, 2.05) is 0 Å². The Hall–Kier alpha value is -2.44. The highest BCUT2D eigenvalue weighted by Crippen LogP contribution is 2.21. The molecule has 2 amide bonds. The highest BCUT2D eigenvalue weighted by molar-refractivity contribution is 5.95. The number of anilines is 1. The molecule has 0 heterocycles. The van der Waals surface area contributed by atoms with Crippen LogP contribution in [0.4, 0.5) is 14.9 Å². The Morgan fingerprint density at radius 2 is 2.16 bits per heavy atom. The van der Waals surface area contributed by atoms with Gasteiger partial charge in [-0.25, -0.2) is 14.0 Å². The third kappa shape index (κ3) is 3.51. The number of nitrogens with one attached hydrogen (secondary N) is 1. The maximum absolute atomic E-state index is 13.7. The first-order chi connectivity index (χ1) is 9.01. The molecular formula is C12H13FN2O4. The van der Waals surface area contributed by atoms with Gasteiger partial charge in [-0.15, -0.1) is 0 Å². The molecule has 1 aromatic carbocycles. The number of amides is 2. The number of carboxylic acids is 1. The maximum atomic E-state index is 13.7. The van der Waals surface area contributed by atoms with Crippen molar-refractivity contribution in [3.05, 3.63) is 29.6 Å². The molecule has 0 aliphatic heterocycles. The van der Waals surface area contributed by atoms with Crippen LogP contribution in [0.1, 0.15) is 16.8 Å². The van der Waals surface area contributed by atoms with Gasteiger partial charge in [0.25, 0.3) is 0 Å². The monoisotopic (exact) mass is 268 g/mol. The Morgan fingerprint density at radius 3 is 2.68 bits per heavy atom. The average molecular weight is 268 g/mol. The highest BCUT2D eigenvalue weighted by Gasteiger charge is 2.19. The summed E-state index contributed by atoms with van der Waals surface area (Å²) in [4.78, 5) is 33.8. The minimum absolute atomic E-state index is 0.0180. The summed E-state index contributed by atoms with van der Waals surface area (Å²) in [5.74, 6) is -1.96. The van der Waals surface area contributed by atoms with Gasteiger partial charge in [0.05, 0.1) is 11.3 Å². The second-order valence-electron chi connectivity index (χ2n) is 3.63. The van der Waals surface area contributed by atoms with Gasteiger partial charge in [-0.05, 0) is 18.2 Å². The highest BCUT2D eigenvalue weighted by atomic mass is 19.1. The Kier molecular flexibility index (Phi) is 4.99. The Balaban J connectivity index is 3.19. The van der Waals surface area contributed by atoms with Gasteiger partial charge in [-0.2, -0.15) is 0 Å². The molecule has 7 heteroatoms. The fourth-order valence-electron chi connectivity index (χ4n) is 1.50. The normalized spacial score (nSPS) is 9.79. The number of halogens is 1. The number of carbonyl (C=O) groups excluding carboxylic acids is 2. The first-order valence-corrected chi connectivity index (χ1v) is 5.47. The topological polar surface area (TPSA) is 86.7 Å². The molecule has 102 valence electrons. The van der Waals surface area contributed by atoms with Gasteiger partial charge in [0, 0.05) is 20.0 Å². The molecule has 1 rings (SSSR count). The van der Waals surface area contributed by atoms with Gasteiger partial charge in [-0.1, -0.05) is 0 Å². The molecule has 0 atom stereocenters. The Labute approximate surface area is 108 Å². The molecular weight excluding hydrogens is 255 g/mol. The lowest BCUT2D eigenvalue weighted by Gasteiger charge is -2.22. The van der Waals surface area contributed by atoms with Crippen molar-refractivity contribution in [2.75, 3.05) is 18.5 Å². The average Bonchev–Trinajstić information content (AvgIpc) is 2.40. The number of urea groups is 1. The van der Waals surface area contributed by atoms with Crippen LogP contribution < -0.4 is 10.2 Å². The van der Waals surface area contributed by atoms with E-state index in [0.29, 0.717) is 6.29 Å². The Bertz CT molecular complexity index is 505. The first-order valence-electron chi connectivity index (χ1n) is 5.47. The van der Waals surface area contributed by atoms with Crippen LogP contribution in [0.5, 0.6) is 0 Å². The summed E-state index contributed by atoms with van der Waals surface area (Å²) in [6.07, 6.45) is 0.610. The number of aromatic carboxylic acids is 1. The lowest BCUT2D eigenvalue weighted by Crippen LogP contribution is -2.39. The molecule has 0 aliphatic rings. The summed E-state index contributed by atoms with van der Waals surface area (Å²) < 4.78 is 13.7. The lowest BCUT2D eigenvalue weighted by molar-refractivity contribution is -0.107. The van der Waals surface area contributed by atoms with E-state index >= 15 is 0 Å². The van der Waals surface area contributed by atoms with E-state index in [0.717, 1.165) is 23.1 Å². The molecule has 1 aromatic rings. The second-order valence-corrected chi connectivity index (χ2v) is 3.63. The van der Waals surface area contributed by atoms with Crippen molar-refractivity contribution < 1.29 is 23.9 Å². The van der Waals surface area contributed by atoms with Crippen LogP contribution in [-0.4, -0.2) is 37.0 Å². The van der Waals surface area contributed by atoms with Crippen LogP contribution in [-0.2, 0) is 4.79 Å². The molecule has 0 saturated carbocycles. The van der Waals surface area contributed by atoms with E-state index in [4.69, 9.17) is 5.11 Å². The minimum Gasteiger partial charge on any atom is -0.478 e. The molecule has 0 spiro atoms. The summed E-state index contributed by atoms with van der Waals surface area (Å²) in [7, 11) is 1.36. The largest absolute Gasteiger partial charge is 0.478 e. The molecule has 0 fully saturated rings. The molecule has 0 unspecified atom stereocenters. The third-order valence-electron chi connectivity index (χ3n) is 2.41. The zero-order valence-corrected chi connectivity index (χ0v) is 10.2. The maximum Gasteiger partial charge on any atom is 0.335 e. The molecule has 19 heavy (non-hydrogen) atoms. The van der Waals surface area contributed by atoms with Crippen molar-refractivity contribution in [2.45, 2.75) is 6.42 Å². The van der Waals surface area contributed by atoms with Gasteiger partial charge in [-0.3, -0.25) is 4.90 Å². The predicted molar refractivity (Wildman–Crippen MR) is 65.8 cm³/mol. The van der Waals surface area contributed by atoms with Crippen LogP contribution in [0, 0.1) is 5.82 Å². The summed E-state index contributed by atoms with van der Waals surface area (Å²) in [6, 6.07) is 2.50. The standard InChI is InChI=1S/C12H13FN2O4/c1-14-12(19)15(5-2-6-16)10-7-8(11(17)18)3-4-9(10)13/h3-4,6-7H,2,5H2,1H3,(H,14,19)(H,17,18). The number of benzene rings is 1. The number of hydrogen-bond donors (Lipinski definition) is 2. The number of aldehydes is 1. The quantitative estimate of drug-likeness (QED) is 0.787. The predicted octanol–water partition coefficient (Wildman–Crippen LogP) is 1.26. The molecule has 2 N–H and O–H groups in total. The van der Waals surface area contributed by atoms with E-state index in [-0.39, 0.29) is 24.2 Å². The van der Waals surface area contributed by atoms with Crippen LogP contribution in [0.15, 0.2) is 18.2 Å². The number of carboxylic acid groups (broad SMARTS) is 1. The van der Waals surface area contributed by atoms with E-state index in [1.165, 1.54) is 7.05 Å². The molecule has 0 bridgehead atoms. The fraction of sp³-hybridized carbons (Fsp3) is 0.250. The van der Waals surface area contributed by atoms with Gasteiger partial charge in [0.1, 0.15) is 12.1 Å². The van der Waals surface area contributed by atoms with Crippen molar-refractivity contribution in [3.63, 3.8) is 0 Å². The summed E-state index contributed by atoms with van der Waals surface area (Å²) in [5.41, 5.74) is -0.322. The van der Waals surface area contributed by atoms with Crippen LogP contribution in [0.25, 0.3) is 0 Å². The number of carbonyl (C=O) groups is 3. The van der Waals surface area contributed by atoms with Crippen molar-refractivity contribution >= 4 is 24.0 Å². The summed E-state index contributed by atoms with van der Waals surface area (Å²) >= 11 is 0. The van der Waals surface area contributed by atoms with E-state index in [9.17, 15) is 18.8 Å². The molecule has 0 aromatic heterocycles. The SMILES string of the molecule is CNC(=O)N(CCC=O)c1cc(C(=O)O)ccc1F. The number of rotatable bonds is 5. The molecule has 0 saturated heterocycles. The van der Waals surface area contributed by atoms with Crippen LogP contribution >= 0.6 is 0 Å². The minimum atomic E-state index is -1.23. The van der Waals surface area contributed by atoms with E-state index in [2.05, 4.69) is 5.32 Å². The third-order valence-corrected chi connectivity index (χ3v) is 2.41. The second kappa shape index (κ2) is 6.48. The Morgan fingerprint density at radius 1 is 1.47 bits per heavy atom. The van der Waals surface area contributed by atoms with Gasteiger partial charge >= 0.3 is 12.0 Å². The van der Waals surface area contributed by atoms with E-state index in [1.54, 1.807) is 0 Å².